The van der Waals surface area contributed by atoms with Crippen LogP contribution in [-0.2, 0) is 11.2 Å². The molecule has 182 valence electrons. The van der Waals surface area contributed by atoms with E-state index >= 15 is 0 Å². The van der Waals surface area contributed by atoms with Crippen molar-refractivity contribution in [1.29, 1.82) is 0 Å². The number of ether oxygens (including phenoxy) is 2. The molecule has 0 amide bonds. The van der Waals surface area contributed by atoms with Gasteiger partial charge >= 0.3 is 0 Å². The number of benzene rings is 2. The summed E-state index contributed by atoms with van der Waals surface area (Å²) in [6.07, 6.45) is 2.84. The van der Waals surface area contributed by atoms with E-state index in [1.807, 2.05) is 12.1 Å². The summed E-state index contributed by atoms with van der Waals surface area (Å²) in [6.45, 7) is 8.23. The number of hydrogen-bond donors (Lipinski definition) is 3. The van der Waals surface area contributed by atoms with Crippen LogP contribution in [-0.4, -0.2) is 51.5 Å². The summed E-state index contributed by atoms with van der Waals surface area (Å²) in [4.78, 5) is 4.97. The first-order valence-electron chi connectivity index (χ1n) is 11.7. The predicted octanol–water partition coefficient (Wildman–Crippen LogP) is 4.31. The third-order valence-corrected chi connectivity index (χ3v) is 6.02. The Labute approximate surface area is 216 Å². The molecule has 1 aliphatic heterocycles. The molecule has 0 radical (unpaired) electrons. The summed E-state index contributed by atoms with van der Waals surface area (Å²) in [6, 6.07) is 19.1. The second-order valence-electron chi connectivity index (χ2n) is 8.39. The first-order chi connectivity index (χ1) is 15.6. The summed E-state index contributed by atoms with van der Waals surface area (Å²) >= 11 is 0. The minimum absolute atomic E-state index is 0. The Bertz CT molecular complexity index is 824. The average molecular weight is 567 g/mol. The molecule has 0 aliphatic carbocycles. The van der Waals surface area contributed by atoms with Gasteiger partial charge in [-0.15, -0.1) is 24.0 Å². The molecule has 3 N–H and O–H groups in total. The third-order valence-electron chi connectivity index (χ3n) is 6.02. The predicted molar refractivity (Wildman–Crippen MR) is 147 cm³/mol. The molecule has 0 bridgehead atoms. The summed E-state index contributed by atoms with van der Waals surface area (Å²) in [5, 5.41) is 10.8. The number of aliphatic imine (C=N–C) groups is 1. The van der Waals surface area contributed by atoms with Crippen LogP contribution in [0.1, 0.15) is 43.9 Å². The molecule has 7 heteroatoms. The number of hydrogen-bond acceptors (Lipinski definition) is 4. The molecule has 1 atom stereocenters. The van der Waals surface area contributed by atoms with Crippen LogP contribution in [0.5, 0.6) is 5.75 Å². The van der Waals surface area contributed by atoms with E-state index < -0.39 is 0 Å². The van der Waals surface area contributed by atoms with Crippen molar-refractivity contribution < 1.29 is 9.47 Å². The van der Waals surface area contributed by atoms with Gasteiger partial charge in [-0.3, -0.25) is 4.99 Å². The van der Waals surface area contributed by atoms with Crippen LogP contribution < -0.4 is 20.7 Å². The largest absolute Gasteiger partial charge is 0.497 e. The molecule has 2 aromatic rings. The summed E-state index contributed by atoms with van der Waals surface area (Å²) < 4.78 is 10.9. The fourth-order valence-corrected chi connectivity index (χ4v) is 4.08. The molecule has 1 saturated heterocycles. The van der Waals surface area contributed by atoms with Crippen molar-refractivity contribution in [2.45, 2.75) is 44.7 Å². The summed E-state index contributed by atoms with van der Waals surface area (Å²) in [5.74, 6) is 1.75. The molecule has 3 rings (SSSR count). The van der Waals surface area contributed by atoms with Gasteiger partial charge in [-0.25, -0.2) is 0 Å². The average Bonchev–Trinajstić information content (AvgIpc) is 2.84. The van der Waals surface area contributed by atoms with Gasteiger partial charge in [0.05, 0.1) is 13.7 Å². The van der Waals surface area contributed by atoms with Gasteiger partial charge in [0.2, 0.25) is 0 Å². The standard InChI is InChI=1S/C26H38N4O2.HI/c1-4-27-25(28-17-14-22-10-12-24(31-3)13-11-22)29-20-26(15-18-32-19-16-26)30-21(2)23-8-6-5-7-9-23;/h5-13,21,30H,4,14-20H2,1-3H3,(H2,27,28,29);1H. The van der Waals surface area contributed by atoms with E-state index in [1.54, 1.807) is 7.11 Å². The second-order valence-corrected chi connectivity index (χ2v) is 8.39. The van der Waals surface area contributed by atoms with Crippen LogP contribution in [0.25, 0.3) is 0 Å². The van der Waals surface area contributed by atoms with Crippen LogP contribution in [0.2, 0.25) is 0 Å². The molecule has 1 fully saturated rings. The van der Waals surface area contributed by atoms with Crippen molar-refractivity contribution in [3.05, 3.63) is 65.7 Å². The van der Waals surface area contributed by atoms with Crippen LogP contribution >= 0.6 is 24.0 Å². The monoisotopic (exact) mass is 566 g/mol. The highest BCUT2D eigenvalue weighted by atomic mass is 127. The van der Waals surface area contributed by atoms with Crippen LogP contribution in [0.4, 0.5) is 0 Å². The number of halogens is 1. The van der Waals surface area contributed by atoms with E-state index in [0.29, 0.717) is 6.54 Å². The highest BCUT2D eigenvalue weighted by Gasteiger charge is 2.34. The number of nitrogens with one attached hydrogen (secondary N) is 3. The van der Waals surface area contributed by atoms with Gasteiger partial charge in [-0.05, 0) is 56.4 Å². The first kappa shape index (κ1) is 27.4. The number of methoxy groups -OCH3 is 1. The fourth-order valence-electron chi connectivity index (χ4n) is 4.08. The van der Waals surface area contributed by atoms with Crippen LogP contribution in [0.3, 0.4) is 0 Å². The molecule has 1 aliphatic rings. The molecule has 0 saturated carbocycles. The maximum atomic E-state index is 5.67. The minimum atomic E-state index is -0.0636. The van der Waals surface area contributed by atoms with Crippen molar-refractivity contribution in [2.75, 3.05) is 40.0 Å². The maximum absolute atomic E-state index is 5.67. The zero-order valence-electron chi connectivity index (χ0n) is 20.1. The van der Waals surface area contributed by atoms with E-state index in [9.17, 15) is 0 Å². The van der Waals surface area contributed by atoms with E-state index in [2.05, 4.69) is 72.3 Å². The lowest BCUT2D eigenvalue weighted by Crippen LogP contribution is -2.53. The molecule has 0 aromatic heterocycles. The Morgan fingerprint density at radius 2 is 1.76 bits per heavy atom. The van der Waals surface area contributed by atoms with Crippen molar-refractivity contribution in [1.82, 2.24) is 16.0 Å². The van der Waals surface area contributed by atoms with Crippen molar-refractivity contribution in [2.24, 2.45) is 4.99 Å². The van der Waals surface area contributed by atoms with Gasteiger partial charge in [-0.2, -0.15) is 0 Å². The second kappa shape index (κ2) is 14.4. The lowest BCUT2D eigenvalue weighted by molar-refractivity contribution is 0.0374. The zero-order valence-corrected chi connectivity index (χ0v) is 22.4. The van der Waals surface area contributed by atoms with E-state index in [0.717, 1.165) is 57.3 Å². The Balaban J connectivity index is 0.00000385. The van der Waals surface area contributed by atoms with Gasteiger partial charge in [0, 0.05) is 37.9 Å². The lowest BCUT2D eigenvalue weighted by atomic mass is 9.88. The Hall–Kier alpha value is -1.84. The quantitative estimate of drug-likeness (QED) is 0.227. The SMILES string of the molecule is CCNC(=NCC1(NC(C)c2ccccc2)CCOCC1)NCCc1ccc(OC)cc1.I. The fraction of sp³-hybridized carbons (Fsp3) is 0.500. The number of guanidine groups is 1. The van der Waals surface area contributed by atoms with E-state index in [1.165, 1.54) is 11.1 Å². The first-order valence-corrected chi connectivity index (χ1v) is 11.7. The molecule has 6 nitrogen and oxygen atoms in total. The molecular weight excluding hydrogens is 527 g/mol. The third kappa shape index (κ3) is 8.79. The maximum Gasteiger partial charge on any atom is 0.191 e. The van der Waals surface area contributed by atoms with Crippen molar-refractivity contribution >= 4 is 29.9 Å². The highest BCUT2D eigenvalue weighted by Crippen LogP contribution is 2.26. The molecule has 0 spiro atoms. The Morgan fingerprint density at radius 1 is 1.06 bits per heavy atom. The molecule has 1 unspecified atom stereocenters. The Morgan fingerprint density at radius 3 is 2.39 bits per heavy atom. The lowest BCUT2D eigenvalue weighted by Gasteiger charge is -2.39. The Kier molecular flexibility index (Phi) is 12.0. The normalized spacial score (nSPS) is 16.4. The molecule has 2 aromatic carbocycles. The minimum Gasteiger partial charge on any atom is -0.497 e. The zero-order chi connectivity index (χ0) is 22.7. The van der Waals surface area contributed by atoms with Gasteiger partial charge in [0.1, 0.15) is 5.75 Å². The number of rotatable bonds is 10. The molecule has 1 heterocycles. The van der Waals surface area contributed by atoms with Crippen LogP contribution in [0.15, 0.2) is 59.6 Å². The smallest absolute Gasteiger partial charge is 0.191 e. The van der Waals surface area contributed by atoms with Gasteiger partial charge in [0.15, 0.2) is 5.96 Å². The van der Waals surface area contributed by atoms with E-state index in [4.69, 9.17) is 14.5 Å². The van der Waals surface area contributed by atoms with Gasteiger partial charge in [-0.1, -0.05) is 42.5 Å². The highest BCUT2D eigenvalue weighted by molar-refractivity contribution is 14.0. The molecular formula is C26H39IN4O2. The van der Waals surface area contributed by atoms with Crippen LogP contribution in [0, 0.1) is 0 Å². The van der Waals surface area contributed by atoms with Gasteiger partial charge in [0.25, 0.3) is 0 Å². The summed E-state index contributed by atoms with van der Waals surface area (Å²) in [7, 11) is 1.69. The van der Waals surface area contributed by atoms with Gasteiger partial charge < -0.3 is 25.4 Å². The van der Waals surface area contributed by atoms with Crippen molar-refractivity contribution in [3.63, 3.8) is 0 Å². The summed E-state index contributed by atoms with van der Waals surface area (Å²) in [5.41, 5.74) is 2.51. The number of nitrogens with zero attached hydrogens (tertiary/aromatic N) is 1. The molecule has 33 heavy (non-hydrogen) atoms. The van der Waals surface area contributed by atoms with E-state index in [-0.39, 0.29) is 35.6 Å². The topological polar surface area (TPSA) is 66.9 Å². The van der Waals surface area contributed by atoms with Crippen molar-refractivity contribution in [3.8, 4) is 5.75 Å².